The fourth-order valence-corrected chi connectivity index (χ4v) is 13.1. The second kappa shape index (κ2) is 16.0. The van der Waals surface area contributed by atoms with Gasteiger partial charge in [-0.25, -0.2) is 0 Å². The second-order valence-electron chi connectivity index (χ2n) is 13.3. The number of aliphatic carboxylic acids is 1. The van der Waals surface area contributed by atoms with Crippen molar-refractivity contribution in [2.75, 3.05) is 11.9 Å². The van der Waals surface area contributed by atoms with Crippen molar-refractivity contribution >= 4 is 82.8 Å². The van der Waals surface area contributed by atoms with Crippen LogP contribution in [0.1, 0.15) is 32.4 Å². The van der Waals surface area contributed by atoms with Crippen molar-refractivity contribution in [3.8, 4) is 0 Å². The van der Waals surface area contributed by atoms with Gasteiger partial charge in [0, 0.05) is 0 Å². The number of rotatable bonds is 10. The standard InChI is InChI=1S/C39H40N3O6PS.HI/c1-39(2,3)48-38(47)41-31(26-16-8-4-9-17-26)34(43)40-32-35(44)42-33(37(45)46)27(25-50-36(32)42)24-49(28-18-10-5-11-19-28,29-20-12-6-13-21-29)30-22-14-7-15-23-30;/h4-23,31-32,36,49H,24-25H2,1-3H3,(H,40,43)(H,41,47)(H,45,46);1H/t31?,32-,36+;/m1./s1. The van der Waals surface area contributed by atoms with Crippen LogP contribution < -0.4 is 26.5 Å². The number of carbonyl (C=O) groups is 4. The van der Waals surface area contributed by atoms with Gasteiger partial charge in [-0.05, 0) is 20.8 Å². The van der Waals surface area contributed by atoms with E-state index in [2.05, 4.69) is 47.0 Å². The van der Waals surface area contributed by atoms with E-state index in [9.17, 15) is 24.3 Å². The molecule has 6 rings (SSSR count). The summed E-state index contributed by atoms with van der Waals surface area (Å²) >= 11 is 1.43. The van der Waals surface area contributed by atoms with E-state index in [-0.39, 0.29) is 29.7 Å². The minimum Gasteiger partial charge on any atom is -0.107 e. The zero-order chi connectivity index (χ0) is 35.5. The molecule has 0 radical (unpaired) electrons. The van der Waals surface area contributed by atoms with Crippen LogP contribution in [0.4, 0.5) is 4.79 Å². The maximum absolute atomic E-state index is 13.8. The van der Waals surface area contributed by atoms with Crippen molar-refractivity contribution in [2.24, 2.45) is 0 Å². The van der Waals surface area contributed by atoms with E-state index in [1.54, 1.807) is 51.1 Å². The van der Waals surface area contributed by atoms with Crippen molar-refractivity contribution in [1.29, 1.82) is 0 Å². The van der Waals surface area contributed by atoms with Crippen molar-refractivity contribution < 1.29 is 29.0 Å². The van der Waals surface area contributed by atoms with Gasteiger partial charge in [0.05, 0.1) is 0 Å². The molecular formula is C39H41IN3O6PS. The molecule has 1 saturated heterocycles. The topological polar surface area (TPSA) is 125 Å². The molecule has 0 spiro atoms. The number of alkyl carbamates (subject to hydrolysis) is 1. The fourth-order valence-electron chi connectivity index (χ4n) is 6.72. The number of carboxylic acid groups (broad SMARTS) is 1. The Bertz CT molecular complexity index is 1810. The number of nitrogens with one attached hydrogen (secondary N) is 2. The molecule has 4 aromatic rings. The second-order valence-corrected chi connectivity index (χ2v) is 18.3. The van der Waals surface area contributed by atoms with E-state index < -0.39 is 54.2 Å². The maximum atomic E-state index is 13.8. The van der Waals surface area contributed by atoms with Gasteiger partial charge in [0.1, 0.15) is 5.60 Å². The molecule has 9 nitrogen and oxygen atoms in total. The fraction of sp³-hybridized carbons (Fsp3) is 0.231. The van der Waals surface area contributed by atoms with Gasteiger partial charge < -0.3 is 0 Å². The van der Waals surface area contributed by atoms with E-state index in [1.165, 1.54) is 16.7 Å². The molecule has 2 aliphatic rings. The average Bonchev–Trinajstić information content (AvgIpc) is 3.12. The van der Waals surface area contributed by atoms with E-state index in [1.807, 2.05) is 54.6 Å². The molecule has 0 saturated carbocycles. The smallest absolute Gasteiger partial charge is 0.107 e. The Morgan fingerprint density at radius 2 is 1.31 bits per heavy atom. The van der Waals surface area contributed by atoms with Gasteiger partial charge in [-0.3, -0.25) is 0 Å². The van der Waals surface area contributed by atoms with Crippen LogP contribution in [0.2, 0.25) is 0 Å². The van der Waals surface area contributed by atoms with Gasteiger partial charge in [0.2, 0.25) is 0 Å². The van der Waals surface area contributed by atoms with Crippen LogP contribution >= 0.6 is 43.0 Å². The molecule has 51 heavy (non-hydrogen) atoms. The Morgan fingerprint density at radius 3 is 1.76 bits per heavy atom. The van der Waals surface area contributed by atoms with Crippen LogP contribution in [-0.4, -0.2) is 62.8 Å². The first kappa shape index (κ1) is 38.1. The zero-order valence-electron chi connectivity index (χ0n) is 28.4. The SMILES string of the molecule is CC(C)(C)OC(=O)NC(C(=O)N[C@@H]1C(=O)N2C(C(=O)O)=C(C[PH](c3ccccc3)(c3ccccc3)c3ccccc3)CS[C@@H]12)c1ccccc1.I. The number of β-lactam (4-membered cyclic amide) rings is 1. The molecule has 0 aliphatic carbocycles. The minimum absolute atomic E-state index is 0. The van der Waals surface area contributed by atoms with Crippen LogP contribution in [0.3, 0.4) is 0 Å². The molecule has 0 aromatic heterocycles. The summed E-state index contributed by atoms with van der Waals surface area (Å²) in [6.07, 6.45) is -0.331. The van der Waals surface area contributed by atoms with Gasteiger partial charge in [-0.1, -0.05) is 6.07 Å². The van der Waals surface area contributed by atoms with Gasteiger partial charge in [-0.15, -0.1) is 24.0 Å². The molecule has 1 unspecified atom stereocenters. The number of thioether (sulfide) groups is 1. The normalized spacial score (nSPS) is 17.9. The Labute approximate surface area is 319 Å². The number of carbonyl (C=O) groups excluding carboxylic acids is 3. The molecular weight excluding hydrogens is 796 g/mol. The predicted octanol–water partition coefficient (Wildman–Crippen LogP) is 5.34. The van der Waals surface area contributed by atoms with Gasteiger partial charge in [0.15, 0.2) is 0 Å². The van der Waals surface area contributed by atoms with Gasteiger partial charge >= 0.3 is 265 Å². The van der Waals surface area contributed by atoms with Crippen LogP contribution in [0, 0.1) is 0 Å². The molecule has 4 aromatic carbocycles. The predicted molar refractivity (Wildman–Crippen MR) is 215 cm³/mol. The van der Waals surface area contributed by atoms with Crippen molar-refractivity contribution in [2.45, 2.75) is 43.8 Å². The van der Waals surface area contributed by atoms with Crippen molar-refractivity contribution in [3.05, 3.63) is 138 Å². The quantitative estimate of drug-likeness (QED) is 0.112. The summed E-state index contributed by atoms with van der Waals surface area (Å²) in [5.41, 5.74) is 0.363. The Morgan fingerprint density at radius 1 is 0.843 bits per heavy atom. The molecule has 12 heteroatoms. The third kappa shape index (κ3) is 8.00. The number of hydrogen-bond donors (Lipinski definition) is 3. The Hall–Kier alpha value is -4.19. The number of amides is 3. The number of nitrogens with zero attached hydrogens (tertiary/aromatic N) is 1. The van der Waals surface area contributed by atoms with Crippen LogP contribution in [0.25, 0.3) is 0 Å². The molecule has 266 valence electrons. The Balaban J connectivity index is 0.00000504. The molecule has 3 N–H and O–H groups in total. The van der Waals surface area contributed by atoms with Gasteiger partial charge in [-0.2, -0.15) is 0 Å². The molecule has 3 amide bonds. The van der Waals surface area contributed by atoms with Crippen LogP contribution in [0.5, 0.6) is 0 Å². The zero-order valence-corrected chi connectivity index (χ0v) is 32.6. The summed E-state index contributed by atoms with van der Waals surface area (Å²) in [4.78, 5) is 54.7. The van der Waals surface area contributed by atoms with Crippen molar-refractivity contribution in [3.63, 3.8) is 0 Å². The molecule has 2 heterocycles. The number of ether oxygens (including phenoxy) is 1. The minimum atomic E-state index is -2.87. The first-order chi connectivity index (χ1) is 24.0. The van der Waals surface area contributed by atoms with E-state index >= 15 is 0 Å². The van der Waals surface area contributed by atoms with E-state index in [4.69, 9.17) is 4.74 Å². The third-order valence-corrected chi connectivity index (χ3v) is 15.1. The largest absolute Gasteiger partial charge is 0.107 e. The summed E-state index contributed by atoms with van der Waals surface area (Å²) in [6, 6.07) is 37.2. The molecule has 0 bridgehead atoms. The molecule has 1 fully saturated rings. The Kier molecular flexibility index (Phi) is 11.9. The maximum Gasteiger partial charge on any atom is -0.107 e. The van der Waals surface area contributed by atoms with Crippen LogP contribution in [-0.2, 0) is 19.1 Å². The van der Waals surface area contributed by atoms with E-state index in [0.29, 0.717) is 23.1 Å². The number of benzene rings is 4. The molecule has 3 atom stereocenters. The van der Waals surface area contributed by atoms with Crippen molar-refractivity contribution in [1.82, 2.24) is 15.5 Å². The third-order valence-electron chi connectivity index (χ3n) is 8.88. The summed E-state index contributed by atoms with van der Waals surface area (Å²) in [7, 11) is -2.87. The first-order valence-corrected chi connectivity index (χ1v) is 19.7. The van der Waals surface area contributed by atoms with Gasteiger partial charge in [0.25, 0.3) is 0 Å². The number of hydrogen-bond acceptors (Lipinski definition) is 6. The average molecular weight is 838 g/mol. The summed E-state index contributed by atoms with van der Waals surface area (Å²) < 4.78 is 5.40. The van der Waals surface area contributed by atoms with Crippen LogP contribution in [0.15, 0.2) is 133 Å². The number of halogens is 1. The molecule has 2 aliphatic heterocycles. The summed E-state index contributed by atoms with van der Waals surface area (Å²) in [6.45, 7) is 5.17. The van der Waals surface area contributed by atoms with E-state index in [0.717, 1.165) is 15.9 Å². The summed E-state index contributed by atoms with van der Waals surface area (Å²) in [5.74, 6) is -1.94. The monoisotopic (exact) mass is 837 g/mol. The summed E-state index contributed by atoms with van der Waals surface area (Å²) in [5, 5.41) is 18.9. The number of fused-ring (bicyclic) bond motifs is 1. The number of carboxylic acids is 1. The first-order valence-electron chi connectivity index (χ1n) is 16.4.